The fourth-order valence-corrected chi connectivity index (χ4v) is 4.10. The van der Waals surface area contributed by atoms with E-state index in [1.807, 2.05) is 0 Å². The number of nitrogens with zero attached hydrogens (tertiary/aromatic N) is 2. The molecule has 0 radical (unpaired) electrons. The Morgan fingerprint density at radius 2 is 1.43 bits per heavy atom. The molecule has 0 saturated heterocycles. The summed E-state index contributed by atoms with van der Waals surface area (Å²) in [7, 11) is -9.54. The predicted octanol–water partition coefficient (Wildman–Crippen LogP) is 2.93. The van der Waals surface area contributed by atoms with Crippen LogP contribution < -0.4 is 11.5 Å². The minimum absolute atomic E-state index is 0.0713. The highest BCUT2D eigenvalue weighted by atomic mass is 32.2. The molecular formula is C17H16N4O7S2. The van der Waals surface area contributed by atoms with E-state index in [9.17, 15) is 31.0 Å². The summed E-state index contributed by atoms with van der Waals surface area (Å²) in [5.74, 6) is -0.684. The molecule has 0 fully saturated rings. The second-order valence-corrected chi connectivity index (χ2v) is 9.18. The Labute approximate surface area is 171 Å². The molecular weight excluding hydrogens is 436 g/mol. The molecule has 3 aromatic carbocycles. The zero-order chi connectivity index (χ0) is 22.4. The van der Waals surface area contributed by atoms with Gasteiger partial charge in [0, 0.05) is 5.39 Å². The van der Waals surface area contributed by atoms with Gasteiger partial charge in [-0.3, -0.25) is 9.11 Å². The number of nitrogens with two attached hydrogens (primary N) is 2. The molecule has 158 valence electrons. The zero-order valence-electron chi connectivity index (χ0n) is 15.3. The Morgan fingerprint density at radius 3 is 2.03 bits per heavy atom. The van der Waals surface area contributed by atoms with Crippen molar-refractivity contribution in [3.05, 3.63) is 42.0 Å². The molecule has 0 amide bonds. The molecule has 3 rings (SSSR count). The van der Waals surface area contributed by atoms with Crippen LogP contribution in [0.25, 0.3) is 10.8 Å². The summed E-state index contributed by atoms with van der Waals surface area (Å²) >= 11 is 0. The van der Waals surface area contributed by atoms with Crippen molar-refractivity contribution in [1.82, 2.24) is 0 Å². The quantitative estimate of drug-likeness (QED) is 0.224. The van der Waals surface area contributed by atoms with Crippen molar-refractivity contribution in [2.24, 2.45) is 10.2 Å². The van der Waals surface area contributed by atoms with Gasteiger partial charge in [-0.25, -0.2) is 0 Å². The van der Waals surface area contributed by atoms with Gasteiger partial charge in [-0.05, 0) is 48.2 Å². The van der Waals surface area contributed by atoms with Crippen molar-refractivity contribution < 1.29 is 31.0 Å². The second kappa shape index (κ2) is 7.21. The van der Waals surface area contributed by atoms with Crippen LogP contribution >= 0.6 is 0 Å². The number of hydrogen-bond acceptors (Lipinski definition) is 9. The van der Waals surface area contributed by atoms with Gasteiger partial charge in [0.25, 0.3) is 20.2 Å². The number of anilines is 2. The average molecular weight is 452 g/mol. The average Bonchev–Trinajstić information content (AvgIpc) is 2.61. The molecule has 0 spiro atoms. The number of phenols is 1. The third-order valence-corrected chi connectivity index (χ3v) is 5.93. The van der Waals surface area contributed by atoms with Gasteiger partial charge in [0.2, 0.25) is 0 Å². The minimum atomic E-state index is -4.87. The summed E-state index contributed by atoms with van der Waals surface area (Å²) in [6.07, 6.45) is 0. The monoisotopic (exact) mass is 452 g/mol. The van der Waals surface area contributed by atoms with Crippen molar-refractivity contribution in [3.63, 3.8) is 0 Å². The van der Waals surface area contributed by atoms with E-state index in [-0.39, 0.29) is 27.8 Å². The van der Waals surface area contributed by atoms with E-state index < -0.39 is 41.5 Å². The topological polar surface area (TPSA) is 206 Å². The summed E-state index contributed by atoms with van der Waals surface area (Å²) < 4.78 is 65.8. The Morgan fingerprint density at radius 1 is 0.833 bits per heavy atom. The van der Waals surface area contributed by atoms with E-state index in [0.717, 1.165) is 12.1 Å². The predicted molar refractivity (Wildman–Crippen MR) is 109 cm³/mol. The van der Waals surface area contributed by atoms with Crippen LogP contribution in [0.5, 0.6) is 5.75 Å². The van der Waals surface area contributed by atoms with Gasteiger partial charge in [0.05, 0.1) is 11.4 Å². The van der Waals surface area contributed by atoms with Gasteiger partial charge in [0.15, 0.2) is 5.75 Å². The first-order valence-electron chi connectivity index (χ1n) is 8.11. The lowest BCUT2D eigenvalue weighted by molar-refractivity contribution is 0.472. The minimum Gasteiger partial charge on any atom is -0.505 e. The van der Waals surface area contributed by atoms with Crippen molar-refractivity contribution in [2.75, 3.05) is 11.5 Å². The van der Waals surface area contributed by atoms with Crippen LogP contribution in [0.4, 0.5) is 22.7 Å². The number of rotatable bonds is 4. The molecule has 7 N–H and O–H groups in total. The highest BCUT2D eigenvalue weighted by Crippen LogP contribution is 2.43. The summed E-state index contributed by atoms with van der Waals surface area (Å²) in [6.45, 7) is 1.58. The summed E-state index contributed by atoms with van der Waals surface area (Å²) in [5, 5.41) is 18.1. The largest absolute Gasteiger partial charge is 0.505 e. The van der Waals surface area contributed by atoms with Crippen molar-refractivity contribution in [1.29, 1.82) is 0 Å². The lowest BCUT2D eigenvalue weighted by atomic mass is 10.1. The summed E-state index contributed by atoms with van der Waals surface area (Å²) in [4.78, 5) is -1.36. The number of aromatic hydroxyl groups is 1. The van der Waals surface area contributed by atoms with Gasteiger partial charge >= 0.3 is 0 Å². The molecule has 11 nitrogen and oxygen atoms in total. The Kier molecular flexibility index (Phi) is 5.16. The maximum atomic E-state index is 11.8. The van der Waals surface area contributed by atoms with E-state index in [0.29, 0.717) is 5.56 Å². The fraction of sp³-hybridized carbons (Fsp3) is 0.0588. The normalized spacial score (nSPS) is 12.6. The summed E-state index contributed by atoms with van der Waals surface area (Å²) in [5.41, 5.74) is 11.2. The Bertz CT molecular complexity index is 1430. The number of hydrogen-bond donors (Lipinski definition) is 5. The molecule has 0 aliphatic heterocycles. The molecule has 3 aromatic rings. The first kappa shape index (κ1) is 21.4. The van der Waals surface area contributed by atoms with Gasteiger partial charge in [-0.2, -0.15) is 16.8 Å². The van der Waals surface area contributed by atoms with Crippen molar-refractivity contribution in [3.8, 4) is 5.75 Å². The molecule has 13 heteroatoms. The van der Waals surface area contributed by atoms with Gasteiger partial charge in [-0.15, -0.1) is 10.2 Å². The molecule has 30 heavy (non-hydrogen) atoms. The molecule has 0 saturated carbocycles. The number of azo groups is 1. The fourth-order valence-electron chi connectivity index (χ4n) is 2.74. The molecule has 0 aliphatic carbocycles. The third-order valence-electron chi connectivity index (χ3n) is 4.18. The zero-order valence-corrected chi connectivity index (χ0v) is 16.9. The van der Waals surface area contributed by atoms with Crippen LogP contribution in [-0.2, 0) is 20.2 Å². The van der Waals surface area contributed by atoms with E-state index in [2.05, 4.69) is 10.2 Å². The highest BCUT2D eigenvalue weighted by molar-refractivity contribution is 7.86. The van der Waals surface area contributed by atoms with Gasteiger partial charge in [0.1, 0.15) is 21.2 Å². The maximum absolute atomic E-state index is 11.8. The van der Waals surface area contributed by atoms with Gasteiger partial charge < -0.3 is 16.6 Å². The molecule has 0 aromatic heterocycles. The standard InChI is InChI=1S/C17H16N4O7S2/c1-8-2-3-13(14(4-8)29(23,24)25)20-21-16-15(30(26,27)28)6-9-5-11(18)12(19)7-10(9)17(16)22/h2-7,22H,18-19H2,1H3,(H,23,24,25)(H,26,27,28). The lowest BCUT2D eigenvalue weighted by Gasteiger charge is -2.11. The number of aryl methyl sites for hydroxylation is 1. The Balaban J connectivity index is 2.31. The smallest absolute Gasteiger partial charge is 0.296 e. The lowest BCUT2D eigenvalue weighted by Crippen LogP contribution is -2.00. The van der Waals surface area contributed by atoms with E-state index in [1.165, 1.54) is 24.3 Å². The second-order valence-electron chi connectivity index (χ2n) is 6.40. The van der Waals surface area contributed by atoms with Crippen molar-refractivity contribution >= 4 is 53.8 Å². The van der Waals surface area contributed by atoms with Crippen molar-refractivity contribution in [2.45, 2.75) is 16.7 Å². The molecule has 0 heterocycles. The van der Waals surface area contributed by atoms with E-state index in [4.69, 9.17) is 11.5 Å². The number of fused-ring (bicyclic) bond motifs is 1. The third kappa shape index (κ3) is 4.04. The van der Waals surface area contributed by atoms with Crippen LogP contribution in [0, 0.1) is 6.92 Å². The first-order valence-corrected chi connectivity index (χ1v) is 11.0. The van der Waals surface area contributed by atoms with E-state index >= 15 is 0 Å². The summed E-state index contributed by atoms with van der Waals surface area (Å²) in [6, 6.07) is 7.44. The first-order chi connectivity index (χ1) is 13.8. The van der Waals surface area contributed by atoms with Crippen LogP contribution in [-0.4, -0.2) is 31.0 Å². The molecule has 0 unspecified atom stereocenters. The SMILES string of the molecule is Cc1ccc(N=Nc2c(S(=O)(=O)O)cc3cc(N)c(N)cc3c2O)c(S(=O)(=O)O)c1. The van der Waals surface area contributed by atoms with Crippen LogP contribution in [0.1, 0.15) is 5.56 Å². The van der Waals surface area contributed by atoms with Crippen LogP contribution in [0.3, 0.4) is 0 Å². The molecule has 0 bridgehead atoms. The van der Waals surface area contributed by atoms with Gasteiger partial charge in [-0.1, -0.05) is 6.07 Å². The highest BCUT2D eigenvalue weighted by Gasteiger charge is 2.23. The van der Waals surface area contributed by atoms with Crippen LogP contribution in [0.2, 0.25) is 0 Å². The molecule has 0 atom stereocenters. The number of phenolic OH excluding ortho intramolecular Hbond substituents is 1. The molecule has 0 aliphatic rings. The maximum Gasteiger partial charge on any atom is 0.296 e. The van der Waals surface area contributed by atoms with Crippen LogP contribution in [0.15, 0.2) is 56.4 Å². The Hall–Kier alpha value is -3.26. The number of benzene rings is 3. The number of nitrogen functional groups attached to an aromatic ring is 2. The van der Waals surface area contributed by atoms with E-state index in [1.54, 1.807) is 6.92 Å².